The van der Waals surface area contributed by atoms with Crippen LogP contribution in [0.15, 0.2) is 30.6 Å². The Hall–Kier alpha value is -3.10. The van der Waals surface area contributed by atoms with Crippen LogP contribution >= 0.6 is 0 Å². The first kappa shape index (κ1) is 16.1. The van der Waals surface area contributed by atoms with Crippen molar-refractivity contribution in [1.29, 1.82) is 0 Å². The number of hydrogen-bond acceptors (Lipinski definition) is 7. The van der Waals surface area contributed by atoms with Crippen molar-refractivity contribution in [2.75, 3.05) is 25.0 Å². The van der Waals surface area contributed by atoms with Crippen LogP contribution in [0, 0.1) is 0 Å². The molecular weight excluding hydrogens is 344 g/mol. The fourth-order valence-electron chi connectivity index (χ4n) is 3.51. The number of rotatable bonds is 4. The Bertz CT molecular complexity index is 977. The summed E-state index contributed by atoms with van der Waals surface area (Å²) in [4.78, 5) is 24.4. The van der Waals surface area contributed by atoms with Crippen molar-refractivity contribution < 1.29 is 4.79 Å². The fourth-order valence-corrected chi connectivity index (χ4v) is 3.51. The van der Waals surface area contributed by atoms with Gasteiger partial charge in [-0.05, 0) is 31.0 Å². The highest BCUT2D eigenvalue weighted by molar-refractivity contribution is 5.90. The lowest BCUT2D eigenvalue weighted by molar-refractivity contribution is 0.0692. The molecule has 0 spiro atoms. The van der Waals surface area contributed by atoms with Crippen molar-refractivity contribution in [1.82, 2.24) is 34.7 Å². The molecule has 1 aliphatic heterocycles. The van der Waals surface area contributed by atoms with Gasteiger partial charge in [-0.2, -0.15) is 4.52 Å². The van der Waals surface area contributed by atoms with E-state index in [0.717, 1.165) is 43.2 Å². The molecule has 0 N–H and O–H groups in total. The van der Waals surface area contributed by atoms with Crippen LogP contribution in [0.1, 0.15) is 41.6 Å². The van der Waals surface area contributed by atoms with E-state index in [-0.39, 0.29) is 17.8 Å². The van der Waals surface area contributed by atoms with Crippen LogP contribution in [-0.4, -0.2) is 66.8 Å². The quantitative estimate of drug-likeness (QED) is 0.685. The summed E-state index contributed by atoms with van der Waals surface area (Å²) in [5.74, 6) is 2.39. The second-order valence-electron chi connectivity index (χ2n) is 7.19. The molecular formula is C18H20N8O. The summed E-state index contributed by atoms with van der Waals surface area (Å²) in [6.07, 6.45) is 6.73. The molecule has 0 aromatic carbocycles. The highest BCUT2D eigenvalue weighted by Crippen LogP contribution is 2.35. The standard InChI is InChI=1S/C18H20N8O/c1-24(18(27)16-19-8-3-9-20-16)13-10-25(11-13)15-7-6-14-21-22-17(26(14)23-15)12-4-2-5-12/h3,6-9,12-13H,2,4-5,10-11H2,1H3. The predicted molar refractivity (Wildman–Crippen MR) is 97.5 cm³/mol. The Morgan fingerprint density at radius 2 is 1.93 bits per heavy atom. The Kier molecular flexibility index (Phi) is 3.73. The lowest BCUT2D eigenvalue weighted by Crippen LogP contribution is -2.60. The molecule has 0 radical (unpaired) electrons. The number of amides is 1. The molecule has 138 valence electrons. The number of anilines is 1. The number of aromatic nitrogens is 6. The highest BCUT2D eigenvalue weighted by Gasteiger charge is 2.35. The van der Waals surface area contributed by atoms with E-state index < -0.39 is 0 Å². The van der Waals surface area contributed by atoms with Crippen molar-refractivity contribution in [2.45, 2.75) is 31.2 Å². The first-order valence-corrected chi connectivity index (χ1v) is 9.22. The lowest BCUT2D eigenvalue weighted by Gasteiger charge is -2.44. The molecule has 4 heterocycles. The summed E-state index contributed by atoms with van der Waals surface area (Å²) in [5.41, 5.74) is 0.784. The van der Waals surface area contributed by atoms with Crippen LogP contribution in [0.4, 0.5) is 5.82 Å². The summed E-state index contributed by atoms with van der Waals surface area (Å²) < 4.78 is 1.87. The van der Waals surface area contributed by atoms with E-state index in [9.17, 15) is 4.79 Å². The van der Waals surface area contributed by atoms with Crippen molar-refractivity contribution in [3.8, 4) is 0 Å². The van der Waals surface area contributed by atoms with Crippen molar-refractivity contribution in [3.05, 3.63) is 42.2 Å². The molecule has 0 bridgehead atoms. The molecule has 1 saturated carbocycles. The first-order chi connectivity index (χ1) is 13.2. The number of carbonyl (C=O) groups is 1. The zero-order valence-corrected chi connectivity index (χ0v) is 15.1. The molecule has 0 unspecified atom stereocenters. The second kappa shape index (κ2) is 6.26. The third kappa shape index (κ3) is 2.70. The molecule has 9 heteroatoms. The minimum atomic E-state index is -0.158. The predicted octanol–water partition coefficient (Wildman–Crippen LogP) is 1.14. The van der Waals surface area contributed by atoms with Crippen LogP contribution in [0.3, 0.4) is 0 Å². The van der Waals surface area contributed by atoms with Crippen LogP contribution < -0.4 is 4.90 Å². The normalized spacial score (nSPS) is 17.6. The van der Waals surface area contributed by atoms with Gasteiger partial charge in [0.05, 0.1) is 6.04 Å². The summed E-state index contributed by atoms with van der Waals surface area (Å²) >= 11 is 0. The van der Waals surface area contributed by atoms with Gasteiger partial charge in [-0.3, -0.25) is 4.79 Å². The fraction of sp³-hybridized carbons (Fsp3) is 0.444. The zero-order valence-electron chi connectivity index (χ0n) is 15.1. The van der Waals surface area contributed by atoms with Gasteiger partial charge < -0.3 is 9.80 Å². The van der Waals surface area contributed by atoms with Crippen molar-refractivity contribution in [3.63, 3.8) is 0 Å². The molecule has 1 aliphatic carbocycles. The smallest absolute Gasteiger partial charge is 0.291 e. The number of fused-ring (bicyclic) bond motifs is 1. The minimum Gasteiger partial charge on any atom is -0.351 e. The average Bonchev–Trinajstić information content (AvgIpc) is 3.02. The van der Waals surface area contributed by atoms with Crippen molar-refractivity contribution in [2.24, 2.45) is 0 Å². The van der Waals surface area contributed by atoms with Gasteiger partial charge in [0.15, 0.2) is 11.5 Å². The summed E-state index contributed by atoms with van der Waals surface area (Å²) in [7, 11) is 1.80. The Balaban J connectivity index is 1.29. The van der Waals surface area contributed by atoms with Crippen LogP contribution in [0.2, 0.25) is 0 Å². The zero-order chi connectivity index (χ0) is 18.4. The minimum absolute atomic E-state index is 0.116. The molecule has 1 amide bonds. The maximum atomic E-state index is 12.5. The largest absolute Gasteiger partial charge is 0.351 e. The van der Waals surface area contributed by atoms with Gasteiger partial charge in [-0.25, -0.2) is 9.97 Å². The highest BCUT2D eigenvalue weighted by atomic mass is 16.2. The van der Waals surface area contributed by atoms with Crippen LogP contribution in [0.25, 0.3) is 5.65 Å². The topological polar surface area (TPSA) is 92.4 Å². The van der Waals surface area contributed by atoms with Gasteiger partial charge in [0.25, 0.3) is 5.91 Å². The number of nitrogens with zero attached hydrogens (tertiary/aromatic N) is 8. The molecule has 3 aromatic heterocycles. The van der Waals surface area contributed by atoms with E-state index in [2.05, 4.69) is 25.1 Å². The molecule has 27 heavy (non-hydrogen) atoms. The van der Waals surface area contributed by atoms with Gasteiger partial charge in [-0.1, -0.05) is 6.42 Å². The second-order valence-corrected chi connectivity index (χ2v) is 7.19. The molecule has 1 saturated heterocycles. The monoisotopic (exact) mass is 364 g/mol. The van der Waals surface area contributed by atoms with Crippen molar-refractivity contribution >= 4 is 17.4 Å². The Labute approximate surface area is 156 Å². The van der Waals surface area contributed by atoms with Gasteiger partial charge in [0.2, 0.25) is 5.82 Å². The maximum absolute atomic E-state index is 12.5. The van der Waals surface area contributed by atoms with E-state index in [1.165, 1.54) is 6.42 Å². The molecule has 0 atom stereocenters. The van der Waals surface area contributed by atoms with E-state index in [1.54, 1.807) is 30.4 Å². The first-order valence-electron chi connectivity index (χ1n) is 9.22. The van der Waals surface area contributed by atoms with Gasteiger partial charge in [0, 0.05) is 38.4 Å². The van der Waals surface area contributed by atoms with E-state index in [1.807, 2.05) is 16.6 Å². The number of carbonyl (C=O) groups excluding carboxylic acids is 1. The third-order valence-corrected chi connectivity index (χ3v) is 5.55. The Morgan fingerprint density at radius 1 is 1.15 bits per heavy atom. The summed E-state index contributed by atoms with van der Waals surface area (Å²) in [6.45, 7) is 1.46. The van der Waals surface area contributed by atoms with Gasteiger partial charge >= 0.3 is 0 Å². The van der Waals surface area contributed by atoms with Gasteiger partial charge in [-0.15, -0.1) is 15.3 Å². The molecule has 9 nitrogen and oxygen atoms in total. The third-order valence-electron chi connectivity index (χ3n) is 5.55. The Morgan fingerprint density at radius 3 is 2.63 bits per heavy atom. The number of likely N-dealkylation sites (N-methyl/N-ethyl adjacent to an activating group) is 1. The molecule has 2 fully saturated rings. The van der Waals surface area contributed by atoms with Crippen LogP contribution in [0.5, 0.6) is 0 Å². The summed E-state index contributed by atoms with van der Waals surface area (Å²) in [5, 5.41) is 13.3. The maximum Gasteiger partial charge on any atom is 0.291 e. The van der Waals surface area contributed by atoms with E-state index in [4.69, 9.17) is 5.10 Å². The average molecular weight is 364 g/mol. The molecule has 2 aliphatic rings. The molecule has 5 rings (SSSR count). The summed E-state index contributed by atoms with van der Waals surface area (Å²) in [6, 6.07) is 5.74. The van der Waals surface area contributed by atoms with E-state index >= 15 is 0 Å². The lowest BCUT2D eigenvalue weighted by atomic mass is 9.85. The van der Waals surface area contributed by atoms with Gasteiger partial charge in [0.1, 0.15) is 5.82 Å². The van der Waals surface area contributed by atoms with Crippen LogP contribution in [-0.2, 0) is 0 Å². The molecule has 3 aromatic rings. The number of hydrogen-bond donors (Lipinski definition) is 0. The SMILES string of the molecule is CN(C(=O)c1ncccn1)C1CN(c2ccc3nnc(C4CCC4)n3n2)C1. The van der Waals surface area contributed by atoms with E-state index in [0.29, 0.717) is 5.92 Å².